The van der Waals surface area contributed by atoms with Gasteiger partial charge in [0.15, 0.2) is 0 Å². The lowest BCUT2D eigenvalue weighted by Crippen LogP contribution is -2.50. The van der Waals surface area contributed by atoms with Crippen LogP contribution < -0.4 is 4.90 Å². The molecule has 0 radical (unpaired) electrons. The summed E-state index contributed by atoms with van der Waals surface area (Å²) in [4.78, 5) is 4.81. The number of hydrogen-bond donors (Lipinski definition) is 1. The molecule has 3 heteroatoms. The van der Waals surface area contributed by atoms with E-state index >= 15 is 0 Å². The van der Waals surface area contributed by atoms with Crippen LogP contribution in [0, 0.1) is 13.8 Å². The zero-order valence-corrected chi connectivity index (χ0v) is 12.6. The van der Waals surface area contributed by atoms with Crippen molar-refractivity contribution in [1.82, 2.24) is 4.90 Å². The molecule has 0 atom stereocenters. The Morgan fingerprint density at radius 3 is 2.32 bits per heavy atom. The molecule has 0 bridgehead atoms. The van der Waals surface area contributed by atoms with E-state index in [0.29, 0.717) is 0 Å². The van der Waals surface area contributed by atoms with Gasteiger partial charge in [-0.15, -0.1) is 0 Å². The molecule has 1 fully saturated rings. The van der Waals surface area contributed by atoms with Gasteiger partial charge in [0.2, 0.25) is 0 Å². The number of nitrogens with zero attached hydrogens (tertiary/aromatic N) is 2. The predicted molar refractivity (Wildman–Crippen MR) is 80.9 cm³/mol. The minimum Gasteiger partial charge on any atom is -0.389 e. The van der Waals surface area contributed by atoms with E-state index in [1.807, 2.05) is 13.8 Å². The van der Waals surface area contributed by atoms with E-state index in [0.717, 1.165) is 32.7 Å². The van der Waals surface area contributed by atoms with Crippen molar-refractivity contribution >= 4 is 5.69 Å². The van der Waals surface area contributed by atoms with Crippen molar-refractivity contribution in [2.24, 2.45) is 0 Å². The topological polar surface area (TPSA) is 26.7 Å². The van der Waals surface area contributed by atoms with E-state index in [4.69, 9.17) is 0 Å². The fourth-order valence-corrected chi connectivity index (χ4v) is 2.77. The molecule has 1 aromatic rings. The lowest BCUT2D eigenvalue weighted by molar-refractivity contribution is 0.0345. The highest BCUT2D eigenvalue weighted by molar-refractivity contribution is 5.56. The summed E-state index contributed by atoms with van der Waals surface area (Å²) in [5, 5.41) is 9.88. The summed E-state index contributed by atoms with van der Waals surface area (Å²) in [6, 6.07) is 6.53. The lowest BCUT2D eigenvalue weighted by Gasteiger charge is -2.39. The third kappa shape index (κ3) is 3.71. The predicted octanol–water partition coefficient (Wildman–Crippen LogP) is 2.20. The molecule has 1 aromatic carbocycles. The van der Waals surface area contributed by atoms with Crippen LogP contribution in [0.4, 0.5) is 5.69 Å². The van der Waals surface area contributed by atoms with Crippen molar-refractivity contribution in [3.63, 3.8) is 0 Å². The summed E-state index contributed by atoms with van der Waals surface area (Å²) in [5.41, 5.74) is 3.51. The normalized spacial score (nSPS) is 17.8. The molecule has 0 unspecified atom stereocenters. The summed E-state index contributed by atoms with van der Waals surface area (Å²) in [6.07, 6.45) is 0. The average molecular weight is 262 g/mol. The third-order valence-corrected chi connectivity index (χ3v) is 3.90. The lowest BCUT2D eigenvalue weighted by atomic mass is 10.1. The Bertz CT molecular complexity index is 429. The maximum atomic E-state index is 9.88. The standard InChI is InChI=1S/C16H26N2O/c1-13-6-5-7-15(14(13)2)18-10-8-17(9-11-18)12-16(3,4)19/h5-7,19H,8-12H2,1-4H3. The van der Waals surface area contributed by atoms with E-state index in [1.165, 1.54) is 16.8 Å². The summed E-state index contributed by atoms with van der Waals surface area (Å²) in [5.74, 6) is 0. The molecule has 0 spiro atoms. The largest absolute Gasteiger partial charge is 0.389 e. The van der Waals surface area contributed by atoms with Crippen molar-refractivity contribution in [3.05, 3.63) is 29.3 Å². The second-order valence-electron chi connectivity index (χ2n) is 6.29. The SMILES string of the molecule is Cc1cccc(N2CCN(CC(C)(C)O)CC2)c1C. The number of benzene rings is 1. The van der Waals surface area contributed by atoms with Gasteiger partial charge in [-0.05, 0) is 44.9 Å². The molecular formula is C16H26N2O. The van der Waals surface area contributed by atoms with E-state index in [1.54, 1.807) is 0 Å². The smallest absolute Gasteiger partial charge is 0.0718 e. The molecule has 106 valence electrons. The van der Waals surface area contributed by atoms with Gasteiger partial charge >= 0.3 is 0 Å². The highest BCUT2D eigenvalue weighted by Crippen LogP contribution is 2.24. The Balaban J connectivity index is 1.98. The molecule has 3 nitrogen and oxygen atoms in total. The van der Waals surface area contributed by atoms with Gasteiger partial charge in [0.25, 0.3) is 0 Å². The first kappa shape index (κ1) is 14.4. The molecule has 0 aromatic heterocycles. The van der Waals surface area contributed by atoms with Gasteiger partial charge in [0.05, 0.1) is 5.60 Å². The second-order valence-corrected chi connectivity index (χ2v) is 6.29. The summed E-state index contributed by atoms with van der Waals surface area (Å²) in [6.45, 7) is 13.0. The molecule has 1 heterocycles. The van der Waals surface area contributed by atoms with Crippen LogP contribution in [-0.4, -0.2) is 48.3 Å². The van der Waals surface area contributed by atoms with Gasteiger partial charge in [-0.2, -0.15) is 0 Å². The second kappa shape index (κ2) is 5.51. The summed E-state index contributed by atoms with van der Waals surface area (Å²) >= 11 is 0. The number of aliphatic hydroxyl groups is 1. The molecule has 2 rings (SSSR count). The Hall–Kier alpha value is -1.06. The van der Waals surface area contributed by atoms with Gasteiger partial charge in [-0.1, -0.05) is 12.1 Å². The molecule has 19 heavy (non-hydrogen) atoms. The first-order valence-corrected chi connectivity index (χ1v) is 7.13. The summed E-state index contributed by atoms with van der Waals surface area (Å²) in [7, 11) is 0. The zero-order valence-electron chi connectivity index (χ0n) is 12.6. The maximum absolute atomic E-state index is 9.88. The third-order valence-electron chi connectivity index (χ3n) is 3.90. The zero-order chi connectivity index (χ0) is 14.0. The van der Waals surface area contributed by atoms with E-state index in [2.05, 4.69) is 41.8 Å². The number of rotatable bonds is 3. The van der Waals surface area contributed by atoms with Crippen molar-refractivity contribution in [2.45, 2.75) is 33.3 Å². The number of aryl methyl sites for hydroxylation is 1. The first-order chi connectivity index (χ1) is 8.87. The first-order valence-electron chi connectivity index (χ1n) is 7.13. The van der Waals surface area contributed by atoms with Crippen LogP contribution in [0.5, 0.6) is 0 Å². The van der Waals surface area contributed by atoms with E-state index < -0.39 is 5.60 Å². The molecule has 1 aliphatic rings. The number of β-amino-alcohol motifs (C(OH)–C–C–N with tert-alkyl or cyclic N) is 1. The monoisotopic (exact) mass is 262 g/mol. The minimum absolute atomic E-state index is 0.596. The molecule has 0 aliphatic carbocycles. The fourth-order valence-electron chi connectivity index (χ4n) is 2.77. The van der Waals surface area contributed by atoms with Gasteiger partial charge in [-0.3, -0.25) is 4.90 Å². The van der Waals surface area contributed by atoms with Gasteiger partial charge < -0.3 is 10.0 Å². The van der Waals surface area contributed by atoms with E-state index in [-0.39, 0.29) is 0 Å². The molecular weight excluding hydrogens is 236 g/mol. The highest BCUT2D eigenvalue weighted by Gasteiger charge is 2.23. The van der Waals surface area contributed by atoms with Gasteiger partial charge in [0.1, 0.15) is 0 Å². The van der Waals surface area contributed by atoms with Crippen molar-refractivity contribution in [3.8, 4) is 0 Å². The molecule has 0 saturated carbocycles. The number of hydrogen-bond acceptors (Lipinski definition) is 3. The molecule has 0 amide bonds. The number of piperazine rings is 1. The quantitative estimate of drug-likeness (QED) is 0.904. The Labute approximate surface area is 116 Å². The van der Waals surface area contributed by atoms with Crippen LogP contribution in [0.3, 0.4) is 0 Å². The highest BCUT2D eigenvalue weighted by atomic mass is 16.3. The van der Waals surface area contributed by atoms with Crippen LogP contribution in [0.1, 0.15) is 25.0 Å². The van der Waals surface area contributed by atoms with Gasteiger partial charge in [0, 0.05) is 38.4 Å². The Morgan fingerprint density at radius 2 is 1.74 bits per heavy atom. The minimum atomic E-state index is -0.596. The average Bonchev–Trinajstić information content (AvgIpc) is 2.32. The van der Waals surface area contributed by atoms with Crippen molar-refractivity contribution < 1.29 is 5.11 Å². The van der Waals surface area contributed by atoms with Crippen LogP contribution in [0.15, 0.2) is 18.2 Å². The molecule has 1 saturated heterocycles. The van der Waals surface area contributed by atoms with Crippen LogP contribution >= 0.6 is 0 Å². The Kier molecular flexibility index (Phi) is 4.16. The van der Waals surface area contributed by atoms with Crippen LogP contribution in [-0.2, 0) is 0 Å². The van der Waals surface area contributed by atoms with Crippen LogP contribution in [0.2, 0.25) is 0 Å². The summed E-state index contributed by atoms with van der Waals surface area (Å²) < 4.78 is 0. The van der Waals surface area contributed by atoms with Crippen LogP contribution in [0.25, 0.3) is 0 Å². The van der Waals surface area contributed by atoms with Crippen molar-refractivity contribution in [2.75, 3.05) is 37.6 Å². The molecule has 1 N–H and O–H groups in total. The maximum Gasteiger partial charge on any atom is 0.0718 e. The fraction of sp³-hybridized carbons (Fsp3) is 0.625. The van der Waals surface area contributed by atoms with Gasteiger partial charge in [-0.25, -0.2) is 0 Å². The number of anilines is 1. The van der Waals surface area contributed by atoms with E-state index in [9.17, 15) is 5.11 Å². The molecule has 1 aliphatic heterocycles. The Morgan fingerprint density at radius 1 is 1.11 bits per heavy atom. The van der Waals surface area contributed by atoms with Crippen molar-refractivity contribution in [1.29, 1.82) is 0 Å².